The third-order valence-electron chi connectivity index (χ3n) is 6.52. The van der Waals surface area contributed by atoms with Crippen molar-refractivity contribution in [3.63, 3.8) is 0 Å². The van der Waals surface area contributed by atoms with Crippen molar-refractivity contribution < 1.29 is 8.42 Å². The zero-order valence-corrected chi connectivity index (χ0v) is 21.7. The molecule has 0 amide bonds. The molecule has 1 aliphatic rings. The van der Waals surface area contributed by atoms with Gasteiger partial charge in [0.1, 0.15) is 17.2 Å². The van der Waals surface area contributed by atoms with Crippen LogP contribution in [-0.4, -0.2) is 74.5 Å². The van der Waals surface area contributed by atoms with Crippen LogP contribution in [0.1, 0.15) is 5.82 Å². The fraction of sp³-hybridized carbons (Fsp3) is 0.240. The van der Waals surface area contributed by atoms with Crippen LogP contribution in [0.15, 0.2) is 54.9 Å². The predicted octanol–water partition coefficient (Wildman–Crippen LogP) is 2.45. The number of nitrogens with two attached hydrogens (primary N) is 1. The molecule has 0 spiro atoms. The number of sulfonamides is 1. The summed E-state index contributed by atoms with van der Waals surface area (Å²) in [7, 11) is -3.21. The number of piperazine rings is 1. The maximum Gasteiger partial charge on any atom is 0.223 e. The molecule has 0 radical (unpaired) electrons. The van der Waals surface area contributed by atoms with Crippen molar-refractivity contribution in [3.8, 4) is 11.5 Å². The number of aromatic nitrogens is 6. The Morgan fingerprint density at radius 3 is 2.55 bits per heavy atom. The summed E-state index contributed by atoms with van der Waals surface area (Å²) < 4.78 is 27.3. The molecule has 0 aliphatic carbocycles. The van der Waals surface area contributed by atoms with Crippen molar-refractivity contribution in [2.75, 3.05) is 48.4 Å². The van der Waals surface area contributed by atoms with Crippen LogP contribution in [0.2, 0.25) is 0 Å². The van der Waals surface area contributed by atoms with E-state index in [9.17, 15) is 8.42 Å². The fourth-order valence-corrected chi connectivity index (χ4v) is 5.52. The maximum absolute atomic E-state index is 11.9. The van der Waals surface area contributed by atoms with Gasteiger partial charge in [-0.1, -0.05) is 12.1 Å². The number of nitrogen functional groups attached to an aromatic ring is 1. The van der Waals surface area contributed by atoms with Gasteiger partial charge in [0.25, 0.3) is 0 Å². The molecular formula is C25H26N10O2S. The topological polar surface area (TPSA) is 148 Å². The fourth-order valence-electron chi connectivity index (χ4n) is 4.69. The monoisotopic (exact) mass is 530 g/mol. The van der Waals surface area contributed by atoms with E-state index in [2.05, 4.69) is 30.2 Å². The number of nitrogens with zero attached hydrogens (tertiary/aromatic N) is 8. The first-order valence-electron chi connectivity index (χ1n) is 12.1. The van der Waals surface area contributed by atoms with Crippen LogP contribution in [-0.2, 0) is 10.0 Å². The summed E-state index contributed by atoms with van der Waals surface area (Å²) in [6.07, 6.45) is 4.97. The molecule has 5 aromatic rings. The van der Waals surface area contributed by atoms with Crippen LogP contribution >= 0.6 is 0 Å². The minimum atomic E-state index is -3.21. The Morgan fingerprint density at radius 1 is 0.974 bits per heavy atom. The van der Waals surface area contributed by atoms with Crippen LogP contribution in [0.4, 0.5) is 23.1 Å². The zero-order valence-electron chi connectivity index (χ0n) is 20.9. The molecule has 1 fully saturated rings. The Bertz CT molecular complexity index is 1760. The number of fused-ring (bicyclic) bond motifs is 2. The van der Waals surface area contributed by atoms with Crippen molar-refractivity contribution in [1.29, 1.82) is 0 Å². The lowest BCUT2D eigenvalue weighted by Crippen LogP contribution is -2.48. The van der Waals surface area contributed by atoms with E-state index in [0.29, 0.717) is 55.0 Å². The van der Waals surface area contributed by atoms with Crippen molar-refractivity contribution in [3.05, 3.63) is 60.7 Å². The Kier molecular flexibility index (Phi) is 5.80. The van der Waals surface area contributed by atoms with Gasteiger partial charge in [0.05, 0.1) is 17.5 Å². The Balaban J connectivity index is 1.43. The van der Waals surface area contributed by atoms with Crippen LogP contribution < -0.4 is 16.0 Å². The number of benzene rings is 1. The van der Waals surface area contributed by atoms with Crippen LogP contribution in [0, 0.1) is 6.92 Å². The van der Waals surface area contributed by atoms with Gasteiger partial charge in [-0.3, -0.25) is 9.38 Å². The molecule has 0 atom stereocenters. The zero-order chi connectivity index (χ0) is 26.4. The minimum Gasteiger partial charge on any atom is -0.368 e. The molecule has 1 aliphatic heterocycles. The second-order valence-corrected chi connectivity index (χ2v) is 11.2. The molecule has 4 aromatic heterocycles. The summed E-state index contributed by atoms with van der Waals surface area (Å²) in [5.74, 6) is 1.57. The highest BCUT2D eigenvalue weighted by Gasteiger charge is 2.25. The average Bonchev–Trinajstić information content (AvgIpc) is 3.24. The molecule has 0 saturated carbocycles. The number of nitrogens with one attached hydrogen (secondary N) is 1. The SMILES string of the molecule is Cc1nc(N)nc(-c2c(Nc3ccc4cccnc4c3)nc3ccc(N4CCN(S(C)(=O)=O)CC4)cn23)n1. The highest BCUT2D eigenvalue weighted by atomic mass is 32.2. The summed E-state index contributed by atoms with van der Waals surface area (Å²) in [5.41, 5.74) is 9.92. The number of pyridine rings is 2. The first kappa shape index (κ1) is 24.0. The van der Waals surface area contributed by atoms with E-state index < -0.39 is 10.0 Å². The highest BCUT2D eigenvalue weighted by molar-refractivity contribution is 7.88. The lowest BCUT2D eigenvalue weighted by atomic mass is 10.2. The second kappa shape index (κ2) is 9.19. The van der Waals surface area contributed by atoms with Crippen LogP contribution in [0.5, 0.6) is 0 Å². The van der Waals surface area contributed by atoms with Gasteiger partial charge < -0.3 is 16.0 Å². The summed E-state index contributed by atoms with van der Waals surface area (Å²) in [6, 6.07) is 13.8. The highest BCUT2D eigenvalue weighted by Crippen LogP contribution is 2.32. The molecule has 3 N–H and O–H groups in total. The molecule has 0 unspecified atom stereocenters. The van der Waals surface area contributed by atoms with Gasteiger partial charge in [-0.2, -0.15) is 14.3 Å². The molecule has 13 heteroatoms. The van der Waals surface area contributed by atoms with E-state index in [-0.39, 0.29) is 5.95 Å². The van der Waals surface area contributed by atoms with E-state index in [1.807, 2.05) is 53.1 Å². The first-order valence-corrected chi connectivity index (χ1v) is 13.9. The number of rotatable bonds is 5. The van der Waals surface area contributed by atoms with Crippen molar-refractivity contribution in [2.45, 2.75) is 6.92 Å². The number of hydrogen-bond donors (Lipinski definition) is 2. The first-order chi connectivity index (χ1) is 18.2. The van der Waals surface area contributed by atoms with Crippen LogP contribution in [0.25, 0.3) is 28.1 Å². The number of imidazole rings is 1. The second-order valence-electron chi connectivity index (χ2n) is 9.17. The molecule has 0 bridgehead atoms. The van der Waals surface area contributed by atoms with E-state index in [0.717, 1.165) is 22.3 Å². The third-order valence-corrected chi connectivity index (χ3v) is 7.82. The molecule has 12 nitrogen and oxygen atoms in total. The summed E-state index contributed by atoms with van der Waals surface area (Å²) >= 11 is 0. The van der Waals surface area contributed by atoms with E-state index in [4.69, 9.17) is 10.7 Å². The number of anilines is 4. The predicted molar refractivity (Wildman–Crippen MR) is 147 cm³/mol. The minimum absolute atomic E-state index is 0.122. The number of hydrogen-bond acceptors (Lipinski definition) is 10. The lowest BCUT2D eigenvalue weighted by Gasteiger charge is -2.34. The molecule has 6 rings (SSSR count). The molecular weight excluding hydrogens is 504 g/mol. The van der Waals surface area contributed by atoms with Gasteiger partial charge in [0, 0.05) is 49.6 Å². The Hall–Kier alpha value is -4.36. The van der Waals surface area contributed by atoms with Gasteiger partial charge in [-0.15, -0.1) is 0 Å². The Morgan fingerprint density at radius 2 is 1.79 bits per heavy atom. The van der Waals surface area contributed by atoms with Gasteiger partial charge in [-0.05, 0) is 37.3 Å². The third kappa shape index (κ3) is 4.57. The van der Waals surface area contributed by atoms with Crippen molar-refractivity contribution in [2.24, 2.45) is 0 Å². The molecule has 5 heterocycles. The maximum atomic E-state index is 11.9. The van der Waals surface area contributed by atoms with E-state index >= 15 is 0 Å². The normalized spacial score (nSPS) is 14.8. The summed E-state index contributed by atoms with van der Waals surface area (Å²) in [4.78, 5) is 24.5. The van der Waals surface area contributed by atoms with E-state index in [1.165, 1.54) is 10.6 Å². The molecule has 1 saturated heterocycles. The molecule has 194 valence electrons. The summed E-state index contributed by atoms with van der Waals surface area (Å²) in [5, 5.41) is 4.45. The molecule has 38 heavy (non-hydrogen) atoms. The van der Waals surface area contributed by atoms with Crippen molar-refractivity contribution in [1.82, 2.24) is 33.6 Å². The standard InChI is InChI=1S/C25H26N10O2S/c1-16-28-23(32-25(26)29-16)22-24(30-18-6-5-17-4-3-9-27-20(17)14-18)31-21-8-7-19(15-35(21)22)33-10-12-34(13-11-33)38(2,36)37/h3-9,14-15,30H,10-13H2,1-2H3,(H2,26,28,29,32). The van der Waals surface area contributed by atoms with E-state index in [1.54, 1.807) is 13.1 Å². The average molecular weight is 531 g/mol. The lowest BCUT2D eigenvalue weighted by molar-refractivity contribution is 0.388. The smallest absolute Gasteiger partial charge is 0.223 e. The van der Waals surface area contributed by atoms with Gasteiger partial charge in [0.15, 0.2) is 11.6 Å². The largest absolute Gasteiger partial charge is 0.368 e. The molecule has 1 aromatic carbocycles. The quantitative estimate of drug-likeness (QED) is 0.347. The van der Waals surface area contributed by atoms with Gasteiger partial charge in [-0.25, -0.2) is 18.4 Å². The van der Waals surface area contributed by atoms with Gasteiger partial charge >= 0.3 is 0 Å². The number of aryl methyl sites for hydroxylation is 1. The van der Waals surface area contributed by atoms with Gasteiger partial charge in [0.2, 0.25) is 16.0 Å². The van der Waals surface area contributed by atoms with Crippen LogP contribution in [0.3, 0.4) is 0 Å². The Labute approximate surface area is 219 Å². The van der Waals surface area contributed by atoms with Crippen molar-refractivity contribution >= 4 is 49.7 Å². The summed E-state index contributed by atoms with van der Waals surface area (Å²) in [6.45, 7) is 3.78.